The number of benzene rings is 1. The predicted octanol–water partition coefficient (Wildman–Crippen LogP) is 2.07. The van der Waals surface area contributed by atoms with Crippen molar-refractivity contribution < 1.29 is 4.79 Å². The van der Waals surface area contributed by atoms with E-state index in [-0.39, 0.29) is 18.3 Å². The van der Waals surface area contributed by atoms with E-state index in [4.69, 9.17) is 5.73 Å². The smallest absolute Gasteiger partial charge is 0.244 e. The largest absolute Gasteiger partial charge is 0.340 e. The average Bonchev–Trinajstić information content (AvgIpc) is 2.67. The van der Waals surface area contributed by atoms with Gasteiger partial charge in [-0.3, -0.25) is 4.79 Å². The Morgan fingerprint density at radius 2 is 1.94 bits per heavy atom. The quantitative estimate of drug-likeness (QED) is 0.905. The number of carbonyl (C=O) groups excluding carboxylic acids is 1. The van der Waals surface area contributed by atoms with Gasteiger partial charge in [0.2, 0.25) is 5.91 Å². The van der Waals surface area contributed by atoms with Crippen LogP contribution in [0.25, 0.3) is 0 Å². The summed E-state index contributed by atoms with van der Waals surface area (Å²) < 4.78 is 0. The average molecular weight is 287 g/mol. The SMILES string of the molecule is Cl.NC(C(=O)N1CCCSCC1)c1ccccc1. The summed E-state index contributed by atoms with van der Waals surface area (Å²) in [5, 5.41) is 0. The van der Waals surface area contributed by atoms with Crippen LogP contribution in [-0.2, 0) is 4.79 Å². The highest BCUT2D eigenvalue weighted by molar-refractivity contribution is 7.99. The zero-order valence-corrected chi connectivity index (χ0v) is 11.9. The van der Waals surface area contributed by atoms with Crippen molar-refractivity contribution in [3.63, 3.8) is 0 Å². The Labute approximate surface area is 119 Å². The third-order valence-electron chi connectivity index (χ3n) is 2.96. The molecule has 1 amide bonds. The molecule has 0 bridgehead atoms. The van der Waals surface area contributed by atoms with E-state index in [0.29, 0.717) is 0 Å². The van der Waals surface area contributed by atoms with Crippen LogP contribution in [-0.4, -0.2) is 35.4 Å². The number of carbonyl (C=O) groups is 1. The number of hydrogen-bond donors (Lipinski definition) is 1. The molecule has 100 valence electrons. The maximum atomic E-state index is 12.2. The molecular formula is C13H19ClN2OS. The summed E-state index contributed by atoms with van der Waals surface area (Å²) in [5.74, 6) is 2.22. The van der Waals surface area contributed by atoms with Crippen LogP contribution < -0.4 is 5.73 Å². The second-order valence-electron chi connectivity index (χ2n) is 4.18. The topological polar surface area (TPSA) is 46.3 Å². The minimum atomic E-state index is -0.515. The fraction of sp³-hybridized carbons (Fsp3) is 0.462. The standard InChI is InChI=1S/C13H18N2OS.ClH/c14-12(11-5-2-1-3-6-11)13(16)15-7-4-9-17-10-8-15;/h1-3,5-6,12H,4,7-10,14H2;1H. The zero-order valence-electron chi connectivity index (χ0n) is 10.2. The minimum absolute atomic E-state index is 0. The van der Waals surface area contributed by atoms with Gasteiger partial charge in [0.1, 0.15) is 6.04 Å². The zero-order chi connectivity index (χ0) is 12.1. The Morgan fingerprint density at radius 1 is 1.22 bits per heavy atom. The molecule has 1 aliphatic rings. The maximum Gasteiger partial charge on any atom is 0.244 e. The molecule has 18 heavy (non-hydrogen) atoms. The Balaban J connectivity index is 0.00000162. The van der Waals surface area contributed by atoms with Crippen molar-refractivity contribution in [2.24, 2.45) is 5.73 Å². The number of nitrogens with zero attached hydrogens (tertiary/aromatic N) is 1. The highest BCUT2D eigenvalue weighted by Crippen LogP contribution is 2.16. The molecule has 1 atom stereocenters. The Hall–Kier alpha value is -0.710. The van der Waals surface area contributed by atoms with E-state index in [1.54, 1.807) is 0 Å². The summed E-state index contributed by atoms with van der Waals surface area (Å²) in [5.41, 5.74) is 6.92. The van der Waals surface area contributed by atoms with E-state index in [1.165, 1.54) is 0 Å². The molecule has 2 N–H and O–H groups in total. The molecule has 1 unspecified atom stereocenters. The van der Waals surface area contributed by atoms with Crippen molar-refractivity contribution in [2.45, 2.75) is 12.5 Å². The first-order valence-corrected chi connectivity index (χ1v) is 7.11. The number of hydrogen-bond acceptors (Lipinski definition) is 3. The van der Waals surface area contributed by atoms with Crippen LogP contribution in [0, 0.1) is 0 Å². The summed E-state index contributed by atoms with van der Waals surface area (Å²) >= 11 is 1.91. The predicted molar refractivity (Wildman–Crippen MR) is 79.1 cm³/mol. The van der Waals surface area contributed by atoms with Crippen LogP contribution in [0.5, 0.6) is 0 Å². The first-order chi connectivity index (χ1) is 8.29. The van der Waals surface area contributed by atoms with Crippen molar-refractivity contribution in [1.82, 2.24) is 4.90 Å². The molecule has 1 aromatic carbocycles. The Kier molecular flexibility index (Phi) is 6.54. The first kappa shape index (κ1) is 15.3. The Morgan fingerprint density at radius 3 is 2.67 bits per heavy atom. The van der Waals surface area contributed by atoms with Gasteiger partial charge in [-0.25, -0.2) is 0 Å². The van der Waals surface area contributed by atoms with Gasteiger partial charge in [0.15, 0.2) is 0 Å². The molecule has 0 spiro atoms. The second kappa shape index (κ2) is 7.67. The van der Waals surface area contributed by atoms with Gasteiger partial charge >= 0.3 is 0 Å². The summed E-state index contributed by atoms with van der Waals surface area (Å²) in [4.78, 5) is 14.1. The number of nitrogens with two attached hydrogens (primary N) is 1. The molecule has 0 saturated carbocycles. The number of thioether (sulfide) groups is 1. The lowest BCUT2D eigenvalue weighted by molar-refractivity contribution is -0.132. The fourth-order valence-corrected chi connectivity index (χ4v) is 2.85. The van der Waals surface area contributed by atoms with E-state index in [9.17, 15) is 4.79 Å². The molecule has 0 aromatic heterocycles. The molecule has 1 fully saturated rings. The minimum Gasteiger partial charge on any atom is -0.340 e. The second-order valence-corrected chi connectivity index (χ2v) is 5.40. The van der Waals surface area contributed by atoms with Gasteiger partial charge in [-0.15, -0.1) is 12.4 Å². The normalized spacial score (nSPS) is 17.5. The Bertz CT molecular complexity index is 367. The van der Waals surface area contributed by atoms with Crippen molar-refractivity contribution in [2.75, 3.05) is 24.6 Å². The van der Waals surface area contributed by atoms with Crippen molar-refractivity contribution >= 4 is 30.1 Å². The van der Waals surface area contributed by atoms with Crippen LogP contribution in [0.2, 0.25) is 0 Å². The number of amides is 1. The van der Waals surface area contributed by atoms with Gasteiger partial charge in [-0.05, 0) is 17.7 Å². The number of rotatable bonds is 2. The van der Waals surface area contributed by atoms with Crippen molar-refractivity contribution in [3.05, 3.63) is 35.9 Å². The molecule has 0 radical (unpaired) electrons. The number of halogens is 1. The highest BCUT2D eigenvalue weighted by Gasteiger charge is 2.22. The fourth-order valence-electron chi connectivity index (χ4n) is 1.97. The lowest BCUT2D eigenvalue weighted by Crippen LogP contribution is -2.39. The highest BCUT2D eigenvalue weighted by atomic mass is 35.5. The van der Waals surface area contributed by atoms with Gasteiger partial charge in [0, 0.05) is 18.8 Å². The molecule has 1 aromatic rings. The molecule has 1 saturated heterocycles. The van der Waals surface area contributed by atoms with Gasteiger partial charge in [0.25, 0.3) is 0 Å². The van der Waals surface area contributed by atoms with Crippen LogP contribution in [0.3, 0.4) is 0 Å². The van der Waals surface area contributed by atoms with Crippen LogP contribution >= 0.6 is 24.2 Å². The molecule has 5 heteroatoms. The summed E-state index contributed by atoms with van der Waals surface area (Å²) in [6.07, 6.45) is 1.07. The van der Waals surface area contributed by atoms with Crippen LogP contribution in [0.1, 0.15) is 18.0 Å². The lowest BCUT2D eigenvalue weighted by Gasteiger charge is -2.23. The van der Waals surface area contributed by atoms with E-state index in [0.717, 1.165) is 36.6 Å². The van der Waals surface area contributed by atoms with Gasteiger partial charge < -0.3 is 10.6 Å². The van der Waals surface area contributed by atoms with Gasteiger partial charge in [0.05, 0.1) is 0 Å². The van der Waals surface area contributed by atoms with E-state index in [1.807, 2.05) is 47.0 Å². The monoisotopic (exact) mass is 286 g/mol. The molecule has 2 rings (SSSR count). The lowest BCUT2D eigenvalue weighted by atomic mass is 10.1. The maximum absolute atomic E-state index is 12.2. The van der Waals surface area contributed by atoms with Crippen molar-refractivity contribution in [1.29, 1.82) is 0 Å². The summed E-state index contributed by atoms with van der Waals surface area (Å²) in [6, 6.07) is 9.08. The first-order valence-electron chi connectivity index (χ1n) is 5.96. The van der Waals surface area contributed by atoms with Gasteiger partial charge in [-0.2, -0.15) is 11.8 Å². The molecule has 1 aliphatic heterocycles. The third-order valence-corrected chi connectivity index (χ3v) is 4.01. The van der Waals surface area contributed by atoms with E-state index >= 15 is 0 Å². The summed E-state index contributed by atoms with van der Waals surface area (Å²) in [6.45, 7) is 1.66. The van der Waals surface area contributed by atoms with Gasteiger partial charge in [-0.1, -0.05) is 30.3 Å². The summed E-state index contributed by atoms with van der Waals surface area (Å²) in [7, 11) is 0. The molecular weight excluding hydrogens is 268 g/mol. The van der Waals surface area contributed by atoms with Crippen molar-refractivity contribution in [3.8, 4) is 0 Å². The van der Waals surface area contributed by atoms with Crippen LogP contribution in [0.15, 0.2) is 30.3 Å². The van der Waals surface area contributed by atoms with Crippen LogP contribution in [0.4, 0.5) is 0 Å². The molecule has 0 aliphatic carbocycles. The van der Waals surface area contributed by atoms with E-state index < -0.39 is 6.04 Å². The molecule has 1 heterocycles. The molecule has 3 nitrogen and oxygen atoms in total. The third kappa shape index (κ3) is 3.90. The van der Waals surface area contributed by atoms with E-state index in [2.05, 4.69) is 0 Å².